The number of anilines is 1. The van der Waals surface area contributed by atoms with Crippen molar-refractivity contribution in [2.45, 2.75) is 51.4 Å². The normalized spacial score (nSPS) is 18.7. The Morgan fingerprint density at radius 1 is 0.933 bits per heavy atom. The molecule has 1 heterocycles. The Morgan fingerprint density at radius 2 is 1.57 bits per heavy atom. The molecule has 1 aliphatic carbocycles. The average molecular weight is 436 g/mol. The van der Waals surface area contributed by atoms with Gasteiger partial charge in [-0.3, -0.25) is 14.3 Å². The molecule has 2 fully saturated rings. The van der Waals surface area contributed by atoms with Crippen LogP contribution in [0.5, 0.6) is 0 Å². The van der Waals surface area contributed by atoms with E-state index >= 15 is 0 Å². The fourth-order valence-electron chi connectivity index (χ4n) is 4.41. The molecule has 1 aromatic carbocycles. The van der Waals surface area contributed by atoms with Gasteiger partial charge in [-0.25, -0.2) is 8.42 Å². The van der Waals surface area contributed by atoms with E-state index in [1.165, 1.54) is 32.1 Å². The maximum absolute atomic E-state index is 12.8. The molecule has 0 spiro atoms. The van der Waals surface area contributed by atoms with Crippen LogP contribution < -0.4 is 4.72 Å². The highest BCUT2D eigenvalue weighted by Crippen LogP contribution is 2.27. The predicted octanol–water partition coefficient (Wildman–Crippen LogP) is 3.09. The summed E-state index contributed by atoms with van der Waals surface area (Å²) in [5, 5.41) is 0. The lowest BCUT2D eigenvalue weighted by atomic mass is 9.86. The molecule has 0 radical (unpaired) electrons. The summed E-state index contributed by atoms with van der Waals surface area (Å²) in [4.78, 5) is 29.2. The van der Waals surface area contributed by atoms with Gasteiger partial charge in [0.1, 0.15) is 0 Å². The number of nitrogens with one attached hydrogen (secondary N) is 1. The molecule has 3 rings (SSSR count). The third-order valence-electron chi connectivity index (χ3n) is 6.06. The number of benzene rings is 1. The number of amides is 2. The first-order valence-electron chi connectivity index (χ1n) is 11.0. The third kappa shape index (κ3) is 6.72. The molecule has 2 amide bonds. The topological polar surface area (TPSA) is 86.8 Å². The van der Waals surface area contributed by atoms with Crippen LogP contribution in [0, 0.1) is 5.92 Å². The van der Waals surface area contributed by atoms with Crippen molar-refractivity contribution < 1.29 is 18.0 Å². The van der Waals surface area contributed by atoms with Crippen molar-refractivity contribution in [2.75, 3.05) is 37.2 Å². The minimum Gasteiger partial charge on any atom is -0.341 e. The van der Waals surface area contributed by atoms with E-state index < -0.39 is 10.0 Å². The van der Waals surface area contributed by atoms with E-state index in [2.05, 4.69) is 4.72 Å². The van der Waals surface area contributed by atoms with Gasteiger partial charge in [0, 0.05) is 43.9 Å². The van der Waals surface area contributed by atoms with Gasteiger partial charge in [0.15, 0.2) is 0 Å². The van der Waals surface area contributed by atoms with Crippen LogP contribution in [0.3, 0.4) is 0 Å². The summed E-state index contributed by atoms with van der Waals surface area (Å²) < 4.78 is 25.0. The molecule has 8 heteroatoms. The van der Waals surface area contributed by atoms with Gasteiger partial charge >= 0.3 is 0 Å². The van der Waals surface area contributed by atoms with Crippen LogP contribution in [-0.4, -0.2) is 62.5 Å². The molecule has 0 atom stereocenters. The summed E-state index contributed by atoms with van der Waals surface area (Å²) in [6.07, 6.45) is 9.91. The second-order valence-corrected chi connectivity index (χ2v) is 10.3. The number of rotatable bonds is 6. The summed E-state index contributed by atoms with van der Waals surface area (Å²) in [6, 6.07) is 6.45. The number of carbonyl (C=O) groups is 2. The molecular formula is C22H33N3O4S. The largest absolute Gasteiger partial charge is 0.341 e. The van der Waals surface area contributed by atoms with E-state index in [9.17, 15) is 18.0 Å². The van der Waals surface area contributed by atoms with Crippen LogP contribution in [-0.2, 0) is 14.8 Å². The molecular weight excluding hydrogens is 402 g/mol. The second kappa shape index (κ2) is 10.3. The van der Waals surface area contributed by atoms with Crippen LogP contribution in [0.2, 0.25) is 0 Å². The lowest BCUT2D eigenvalue weighted by Crippen LogP contribution is -2.37. The number of carbonyl (C=O) groups excluding carboxylic acids is 2. The first-order valence-corrected chi connectivity index (χ1v) is 12.9. The SMILES string of the molecule is CS(=O)(=O)Nc1ccc(C(=O)N2CCCN(C(=O)CCC3CCCCC3)CC2)cc1. The van der Waals surface area contributed by atoms with Crippen LogP contribution in [0.4, 0.5) is 5.69 Å². The fourth-order valence-corrected chi connectivity index (χ4v) is 4.97. The van der Waals surface area contributed by atoms with Crippen LogP contribution in [0.15, 0.2) is 24.3 Å². The van der Waals surface area contributed by atoms with Gasteiger partial charge < -0.3 is 9.80 Å². The van der Waals surface area contributed by atoms with Crippen molar-refractivity contribution in [3.63, 3.8) is 0 Å². The van der Waals surface area contributed by atoms with Gasteiger partial charge in [-0.15, -0.1) is 0 Å². The molecule has 0 bridgehead atoms. The number of hydrogen-bond donors (Lipinski definition) is 1. The van der Waals surface area contributed by atoms with Crippen molar-refractivity contribution in [3.05, 3.63) is 29.8 Å². The molecule has 1 aliphatic heterocycles. The van der Waals surface area contributed by atoms with Crippen molar-refractivity contribution in [1.82, 2.24) is 9.80 Å². The molecule has 1 saturated carbocycles. The standard InChI is InChI=1S/C22H33N3O4S/c1-30(28,29)23-20-11-9-19(10-12-20)22(27)25-15-5-14-24(16-17-25)21(26)13-8-18-6-3-2-4-7-18/h9-12,18,23H,2-8,13-17H2,1H3. The summed E-state index contributed by atoms with van der Waals surface area (Å²) in [5.41, 5.74) is 0.950. The van der Waals surface area contributed by atoms with Crippen LogP contribution in [0.25, 0.3) is 0 Å². The number of nitrogens with zero attached hydrogens (tertiary/aromatic N) is 2. The van der Waals surface area contributed by atoms with Gasteiger partial charge in [-0.2, -0.15) is 0 Å². The zero-order chi connectivity index (χ0) is 21.6. The highest BCUT2D eigenvalue weighted by Gasteiger charge is 2.24. The first kappa shape index (κ1) is 22.6. The van der Waals surface area contributed by atoms with E-state index in [1.807, 2.05) is 4.90 Å². The van der Waals surface area contributed by atoms with Gasteiger partial charge in [-0.1, -0.05) is 32.1 Å². The molecule has 30 heavy (non-hydrogen) atoms. The molecule has 0 aromatic heterocycles. The Labute approximate surface area is 179 Å². The van der Waals surface area contributed by atoms with Crippen molar-refractivity contribution in [3.8, 4) is 0 Å². The molecule has 2 aliphatic rings. The van der Waals surface area contributed by atoms with Crippen LogP contribution >= 0.6 is 0 Å². The Kier molecular flexibility index (Phi) is 7.75. The molecule has 1 aromatic rings. The van der Waals surface area contributed by atoms with E-state index in [4.69, 9.17) is 0 Å². The zero-order valence-electron chi connectivity index (χ0n) is 17.8. The van der Waals surface area contributed by atoms with E-state index in [0.717, 1.165) is 19.1 Å². The van der Waals surface area contributed by atoms with Gasteiger partial charge in [0.2, 0.25) is 15.9 Å². The Morgan fingerprint density at radius 3 is 2.23 bits per heavy atom. The highest BCUT2D eigenvalue weighted by molar-refractivity contribution is 7.92. The molecule has 166 valence electrons. The van der Waals surface area contributed by atoms with Gasteiger partial charge in [0.25, 0.3) is 5.91 Å². The van der Waals surface area contributed by atoms with E-state index in [1.54, 1.807) is 29.2 Å². The Hall–Kier alpha value is -2.09. The molecule has 1 saturated heterocycles. The number of hydrogen-bond acceptors (Lipinski definition) is 4. The second-order valence-electron chi connectivity index (χ2n) is 8.52. The van der Waals surface area contributed by atoms with Gasteiger partial charge in [0.05, 0.1) is 6.26 Å². The zero-order valence-corrected chi connectivity index (χ0v) is 18.6. The minimum atomic E-state index is -3.34. The van der Waals surface area contributed by atoms with Gasteiger partial charge in [-0.05, 0) is 43.0 Å². The van der Waals surface area contributed by atoms with E-state index in [0.29, 0.717) is 49.8 Å². The van der Waals surface area contributed by atoms with Crippen LogP contribution in [0.1, 0.15) is 61.7 Å². The van der Waals surface area contributed by atoms with Crippen molar-refractivity contribution >= 4 is 27.5 Å². The Balaban J connectivity index is 1.50. The minimum absolute atomic E-state index is 0.0857. The maximum atomic E-state index is 12.8. The quantitative estimate of drug-likeness (QED) is 0.744. The van der Waals surface area contributed by atoms with E-state index in [-0.39, 0.29) is 11.8 Å². The first-order chi connectivity index (χ1) is 14.3. The molecule has 0 unspecified atom stereocenters. The molecule has 7 nitrogen and oxygen atoms in total. The van der Waals surface area contributed by atoms with Crippen molar-refractivity contribution in [2.24, 2.45) is 5.92 Å². The average Bonchev–Trinajstić information content (AvgIpc) is 2.98. The fraction of sp³-hybridized carbons (Fsp3) is 0.636. The monoisotopic (exact) mass is 435 g/mol. The number of sulfonamides is 1. The highest BCUT2D eigenvalue weighted by atomic mass is 32.2. The maximum Gasteiger partial charge on any atom is 0.253 e. The summed E-state index contributed by atoms with van der Waals surface area (Å²) in [5.74, 6) is 0.830. The summed E-state index contributed by atoms with van der Waals surface area (Å²) >= 11 is 0. The smallest absolute Gasteiger partial charge is 0.253 e. The lowest BCUT2D eigenvalue weighted by Gasteiger charge is -2.24. The molecule has 1 N–H and O–H groups in total. The Bertz CT molecular complexity index is 832. The predicted molar refractivity (Wildman–Crippen MR) is 118 cm³/mol. The third-order valence-corrected chi connectivity index (χ3v) is 6.67. The van der Waals surface area contributed by atoms with Crippen molar-refractivity contribution in [1.29, 1.82) is 0 Å². The summed E-state index contributed by atoms with van der Waals surface area (Å²) in [6.45, 7) is 2.42. The summed E-state index contributed by atoms with van der Waals surface area (Å²) in [7, 11) is -3.34. The lowest BCUT2D eigenvalue weighted by molar-refractivity contribution is -0.131.